The van der Waals surface area contributed by atoms with Crippen molar-refractivity contribution >= 4 is 28.7 Å². The van der Waals surface area contributed by atoms with Crippen molar-refractivity contribution in [3.05, 3.63) is 88.4 Å². The Bertz CT molecular complexity index is 1370. The molecule has 0 bridgehead atoms. The third-order valence-electron chi connectivity index (χ3n) is 5.13. The molecule has 0 atom stereocenters. The second-order valence-electron chi connectivity index (χ2n) is 7.46. The average molecular weight is 530 g/mol. The van der Waals surface area contributed by atoms with Crippen LogP contribution >= 0.6 is 11.8 Å². The zero-order valence-corrected chi connectivity index (χ0v) is 21.1. The lowest BCUT2D eigenvalue weighted by Gasteiger charge is -2.12. The maximum atomic E-state index is 13.3. The number of benzene rings is 2. The van der Waals surface area contributed by atoms with Crippen LogP contribution in [0.3, 0.4) is 0 Å². The van der Waals surface area contributed by atoms with Crippen LogP contribution in [0.1, 0.15) is 11.1 Å². The quantitative estimate of drug-likeness (QED) is 0.121. The summed E-state index contributed by atoms with van der Waals surface area (Å²) in [6, 6.07) is 15.3. The first-order chi connectivity index (χ1) is 17.9. The van der Waals surface area contributed by atoms with Gasteiger partial charge in [-0.3, -0.25) is 4.79 Å². The van der Waals surface area contributed by atoms with Gasteiger partial charge in [0, 0.05) is 22.7 Å². The van der Waals surface area contributed by atoms with Crippen molar-refractivity contribution < 1.29 is 28.2 Å². The van der Waals surface area contributed by atoms with Crippen LogP contribution in [0.15, 0.2) is 86.7 Å². The van der Waals surface area contributed by atoms with E-state index in [0.29, 0.717) is 22.8 Å². The van der Waals surface area contributed by atoms with Gasteiger partial charge in [0.05, 0.1) is 39.1 Å². The second kappa shape index (κ2) is 13.3. The molecule has 3 aromatic rings. The fourth-order valence-electron chi connectivity index (χ4n) is 3.27. The Hall–Kier alpha value is -4.12. The van der Waals surface area contributed by atoms with Crippen molar-refractivity contribution in [3.8, 4) is 17.2 Å². The number of aromatic nitrogens is 1. The lowest BCUT2D eigenvalue weighted by atomic mass is 10.1. The topological polar surface area (TPSA) is 94.6 Å². The molecule has 0 saturated heterocycles. The molecule has 0 unspecified atom stereocenters. The molecule has 1 aromatic heterocycles. The van der Waals surface area contributed by atoms with E-state index in [0.717, 1.165) is 16.5 Å². The fraction of sp³-hybridized carbons (Fsp3) is 0.192. The highest BCUT2D eigenvalue weighted by Gasteiger charge is 2.14. The smallest absolute Gasteiger partial charge is 0.283 e. The van der Waals surface area contributed by atoms with Crippen molar-refractivity contribution in [1.82, 2.24) is 4.57 Å². The predicted molar refractivity (Wildman–Crippen MR) is 140 cm³/mol. The molecule has 37 heavy (non-hydrogen) atoms. The van der Waals surface area contributed by atoms with Crippen molar-refractivity contribution in [2.75, 3.05) is 21.3 Å². The van der Waals surface area contributed by atoms with Gasteiger partial charge in [-0.15, -0.1) is 0 Å². The molecule has 3 rings (SSSR count). The number of hydrogen-bond acceptors (Lipinski definition) is 8. The molecule has 0 saturated carbocycles. The van der Waals surface area contributed by atoms with E-state index in [1.807, 2.05) is 12.1 Å². The van der Waals surface area contributed by atoms with E-state index in [9.17, 15) is 13.6 Å². The highest BCUT2D eigenvalue weighted by Crippen LogP contribution is 2.28. The summed E-state index contributed by atoms with van der Waals surface area (Å²) >= 11 is 1.24. The highest BCUT2D eigenvalue weighted by atomic mass is 32.2. The number of alkyl halides is 2. The van der Waals surface area contributed by atoms with Crippen LogP contribution in [-0.2, 0) is 6.54 Å². The number of hydrogen-bond donors (Lipinski definition) is 1. The zero-order valence-electron chi connectivity index (χ0n) is 20.3. The van der Waals surface area contributed by atoms with Gasteiger partial charge >= 0.3 is 0 Å². The number of allylic oxidation sites excluding steroid dienone is 1. The molecule has 0 fully saturated rings. The summed E-state index contributed by atoms with van der Waals surface area (Å²) in [6.45, 7) is 0.179. The Morgan fingerprint density at radius 1 is 1.05 bits per heavy atom. The zero-order chi connectivity index (χ0) is 26.8. The molecule has 11 heteroatoms. The molecule has 0 radical (unpaired) electrons. The van der Waals surface area contributed by atoms with Gasteiger partial charge in [-0.05, 0) is 48.0 Å². The molecule has 0 aliphatic carbocycles. The van der Waals surface area contributed by atoms with Gasteiger partial charge in [0.15, 0.2) is 11.5 Å². The summed E-state index contributed by atoms with van der Waals surface area (Å²) in [5.74, 6) is 1.71. The second-order valence-corrected chi connectivity index (χ2v) is 8.38. The number of aliphatic imine (C=N–C) groups is 1. The third-order valence-corrected chi connectivity index (χ3v) is 5.86. The number of oxime groups is 1. The molecule has 1 heterocycles. The SMILES string of the molecule is COc1cccc(SC=N/C(=C\C(=N/O)C(F)F)c2ccc(=O)n(Cc3ccc(OC)c(OC)c3)c2)c1. The summed E-state index contributed by atoms with van der Waals surface area (Å²) < 4.78 is 43.8. The van der Waals surface area contributed by atoms with Gasteiger partial charge in [-0.2, -0.15) is 0 Å². The summed E-state index contributed by atoms with van der Waals surface area (Å²) in [4.78, 5) is 17.7. The Balaban J connectivity index is 1.96. The Labute approximate surface area is 216 Å². The number of ether oxygens (including phenoxy) is 3. The maximum Gasteiger partial charge on any atom is 0.283 e. The summed E-state index contributed by atoms with van der Waals surface area (Å²) in [5, 5.41) is 11.7. The minimum absolute atomic E-state index is 0.0737. The van der Waals surface area contributed by atoms with Crippen molar-refractivity contribution in [2.24, 2.45) is 10.1 Å². The van der Waals surface area contributed by atoms with Gasteiger partial charge in [0.25, 0.3) is 12.0 Å². The lowest BCUT2D eigenvalue weighted by Crippen LogP contribution is -2.19. The van der Waals surface area contributed by atoms with E-state index in [4.69, 9.17) is 19.4 Å². The fourth-order valence-corrected chi connectivity index (χ4v) is 3.90. The van der Waals surface area contributed by atoms with E-state index < -0.39 is 12.1 Å². The lowest BCUT2D eigenvalue weighted by molar-refractivity contribution is 0.216. The summed E-state index contributed by atoms with van der Waals surface area (Å²) in [5.41, 5.74) is 1.48. The van der Waals surface area contributed by atoms with Crippen molar-refractivity contribution in [2.45, 2.75) is 17.9 Å². The number of rotatable bonds is 11. The standard InChI is InChI=1S/C26H25F2N3O5S/c1-34-19-5-4-6-20(12-19)37-16-29-21(13-22(30-33)26(27)28)18-8-10-25(32)31(15-18)14-17-7-9-23(35-2)24(11-17)36-3/h4-13,15-16,26,33H,14H2,1-3H3/b21-13-,29-16?,30-22+. The first-order valence-electron chi connectivity index (χ1n) is 10.8. The molecule has 8 nitrogen and oxygen atoms in total. The first-order valence-corrected chi connectivity index (χ1v) is 11.7. The van der Waals surface area contributed by atoms with Crippen LogP contribution in [0.25, 0.3) is 5.70 Å². The molecular formula is C26H25F2N3O5S. The Morgan fingerprint density at radius 2 is 1.84 bits per heavy atom. The van der Waals surface area contributed by atoms with Crippen LogP contribution in [-0.4, -0.2) is 48.8 Å². The van der Waals surface area contributed by atoms with E-state index >= 15 is 0 Å². The monoisotopic (exact) mass is 529 g/mol. The van der Waals surface area contributed by atoms with Gasteiger partial charge in [-0.25, -0.2) is 13.8 Å². The van der Waals surface area contributed by atoms with Crippen molar-refractivity contribution in [1.29, 1.82) is 0 Å². The van der Waals surface area contributed by atoms with E-state index in [1.165, 1.54) is 54.4 Å². The summed E-state index contributed by atoms with van der Waals surface area (Å²) in [7, 11) is 4.59. The van der Waals surface area contributed by atoms with Crippen molar-refractivity contribution in [3.63, 3.8) is 0 Å². The molecule has 1 N–H and O–H groups in total. The minimum atomic E-state index is -3.03. The number of thioether (sulfide) groups is 1. The summed E-state index contributed by atoms with van der Waals surface area (Å²) in [6.07, 6.45) is -0.564. The van der Waals surface area contributed by atoms with E-state index in [-0.39, 0.29) is 17.8 Å². The first kappa shape index (κ1) is 27.5. The Morgan fingerprint density at radius 3 is 2.51 bits per heavy atom. The number of pyridine rings is 1. The predicted octanol–water partition coefficient (Wildman–Crippen LogP) is 5.18. The molecule has 194 valence electrons. The van der Waals surface area contributed by atoms with Crippen LogP contribution in [0.5, 0.6) is 17.2 Å². The number of nitrogens with zero attached hydrogens (tertiary/aromatic N) is 3. The molecule has 2 aromatic carbocycles. The molecule has 0 amide bonds. The Kier molecular flexibility index (Phi) is 9.84. The minimum Gasteiger partial charge on any atom is -0.497 e. The maximum absolute atomic E-state index is 13.3. The number of methoxy groups -OCH3 is 3. The van der Waals surface area contributed by atoms with Gasteiger partial charge in [-0.1, -0.05) is 29.1 Å². The largest absolute Gasteiger partial charge is 0.497 e. The normalized spacial score (nSPS) is 12.3. The molecule has 0 aliphatic heterocycles. The van der Waals surface area contributed by atoms with Gasteiger partial charge in [0.1, 0.15) is 11.5 Å². The highest BCUT2D eigenvalue weighted by molar-refractivity contribution is 8.12. The molecular weight excluding hydrogens is 504 g/mol. The van der Waals surface area contributed by atoms with Crippen LogP contribution < -0.4 is 19.8 Å². The van der Waals surface area contributed by atoms with Gasteiger partial charge < -0.3 is 24.0 Å². The third kappa shape index (κ3) is 7.43. The van der Waals surface area contributed by atoms with Crippen LogP contribution in [0.2, 0.25) is 0 Å². The molecule has 0 spiro atoms. The van der Waals surface area contributed by atoms with Crippen LogP contribution in [0, 0.1) is 0 Å². The van der Waals surface area contributed by atoms with Crippen LogP contribution in [0.4, 0.5) is 8.78 Å². The van der Waals surface area contributed by atoms with E-state index in [2.05, 4.69) is 10.1 Å². The number of halogens is 2. The average Bonchev–Trinajstić information content (AvgIpc) is 2.91. The van der Waals surface area contributed by atoms with E-state index in [1.54, 1.807) is 37.4 Å². The molecule has 0 aliphatic rings. The van der Waals surface area contributed by atoms with Gasteiger partial charge in [0.2, 0.25) is 0 Å².